The number of nitriles is 1. The van der Waals surface area contributed by atoms with E-state index in [1.165, 1.54) is 6.42 Å². The molecule has 4 heteroatoms. The van der Waals surface area contributed by atoms with E-state index in [9.17, 15) is 0 Å². The molecule has 1 aliphatic rings. The van der Waals surface area contributed by atoms with Gasteiger partial charge in [0.05, 0.1) is 6.10 Å². The Morgan fingerprint density at radius 1 is 1.65 bits per heavy atom. The van der Waals surface area contributed by atoms with Crippen LogP contribution in [-0.2, 0) is 11.3 Å². The summed E-state index contributed by atoms with van der Waals surface area (Å²) in [5.74, 6) is 0. The molecule has 17 heavy (non-hydrogen) atoms. The zero-order valence-electron chi connectivity index (χ0n) is 10.1. The van der Waals surface area contributed by atoms with E-state index in [4.69, 9.17) is 10.00 Å². The van der Waals surface area contributed by atoms with Crippen LogP contribution < -0.4 is 0 Å². The third-order valence-corrected chi connectivity index (χ3v) is 3.14. The van der Waals surface area contributed by atoms with Crippen molar-refractivity contribution in [2.45, 2.75) is 25.5 Å². The largest absolute Gasteiger partial charge is 0.380 e. The Hall–Kier alpha value is -1.44. The fourth-order valence-electron chi connectivity index (χ4n) is 2.24. The summed E-state index contributed by atoms with van der Waals surface area (Å²) in [6.45, 7) is 2.95. The van der Waals surface area contributed by atoms with Crippen molar-refractivity contribution in [1.82, 2.24) is 9.88 Å². The molecule has 1 saturated heterocycles. The van der Waals surface area contributed by atoms with E-state index in [2.05, 4.69) is 16.0 Å². The lowest BCUT2D eigenvalue weighted by atomic mass is 10.1. The van der Waals surface area contributed by atoms with Crippen LogP contribution in [-0.4, -0.2) is 36.2 Å². The molecule has 1 unspecified atom stereocenters. The lowest BCUT2D eigenvalue weighted by Gasteiger charge is -2.31. The number of ether oxygens (including phenoxy) is 1. The molecule has 1 aromatic heterocycles. The van der Waals surface area contributed by atoms with Crippen molar-refractivity contribution in [1.29, 1.82) is 5.26 Å². The zero-order chi connectivity index (χ0) is 12.1. The van der Waals surface area contributed by atoms with Gasteiger partial charge >= 0.3 is 0 Å². The molecule has 90 valence electrons. The average Bonchev–Trinajstić information content (AvgIpc) is 2.39. The minimum atomic E-state index is 0.348. The number of hydrogen-bond acceptors (Lipinski definition) is 4. The Balaban J connectivity index is 1.98. The minimum Gasteiger partial charge on any atom is -0.380 e. The zero-order valence-corrected chi connectivity index (χ0v) is 10.1. The molecular formula is C13H17N3O. The average molecular weight is 231 g/mol. The van der Waals surface area contributed by atoms with Gasteiger partial charge in [-0.3, -0.25) is 4.90 Å². The number of rotatable bonds is 3. The number of methoxy groups -OCH3 is 1. The molecule has 2 heterocycles. The molecule has 4 nitrogen and oxygen atoms in total. The van der Waals surface area contributed by atoms with E-state index >= 15 is 0 Å². The van der Waals surface area contributed by atoms with Crippen LogP contribution in [0.15, 0.2) is 18.3 Å². The van der Waals surface area contributed by atoms with Gasteiger partial charge in [-0.25, -0.2) is 4.98 Å². The maximum absolute atomic E-state index is 8.80. The maximum atomic E-state index is 8.80. The highest BCUT2D eigenvalue weighted by Gasteiger charge is 2.19. The van der Waals surface area contributed by atoms with Crippen molar-refractivity contribution < 1.29 is 4.74 Å². The molecule has 0 aliphatic carbocycles. The minimum absolute atomic E-state index is 0.348. The maximum Gasteiger partial charge on any atom is 0.140 e. The van der Waals surface area contributed by atoms with Crippen LogP contribution >= 0.6 is 0 Å². The Labute approximate surface area is 102 Å². The molecule has 1 aromatic rings. The Morgan fingerprint density at radius 3 is 3.29 bits per heavy atom. The fraction of sp³-hybridized carbons (Fsp3) is 0.538. The summed E-state index contributed by atoms with van der Waals surface area (Å²) < 4.78 is 5.40. The van der Waals surface area contributed by atoms with Crippen LogP contribution in [0.25, 0.3) is 0 Å². The van der Waals surface area contributed by atoms with E-state index < -0.39 is 0 Å². The van der Waals surface area contributed by atoms with Crippen LogP contribution in [0, 0.1) is 11.3 Å². The molecule has 0 N–H and O–H groups in total. The fourth-order valence-corrected chi connectivity index (χ4v) is 2.24. The van der Waals surface area contributed by atoms with Crippen molar-refractivity contribution in [3.8, 4) is 6.07 Å². The van der Waals surface area contributed by atoms with Gasteiger partial charge in [-0.05, 0) is 37.1 Å². The second-order valence-corrected chi connectivity index (χ2v) is 4.40. The van der Waals surface area contributed by atoms with Crippen molar-refractivity contribution in [2.24, 2.45) is 0 Å². The standard InChI is InChI=1S/C13H17N3O/c1-17-13-3-2-6-16(10-13)9-11-4-5-15-12(7-11)8-14/h4-5,7,13H,2-3,6,9-10H2,1H3. The molecule has 1 fully saturated rings. The highest BCUT2D eigenvalue weighted by Crippen LogP contribution is 2.15. The molecule has 0 bridgehead atoms. The molecule has 1 atom stereocenters. The Kier molecular flexibility index (Phi) is 4.08. The van der Waals surface area contributed by atoms with E-state index in [1.54, 1.807) is 13.3 Å². The molecule has 2 rings (SSSR count). The van der Waals surface area contributed by atoms with Crippen molar-refractivity contribution in [2.75, 3.05) is 20.2 Å². The van der Waals surface area contributed by atoms with Crippen molar-refractivity contribution >= 4 is 0 Å². The van der Waals surface area contributed by atoms with Crippen LogP contribution in [0.2, 0.25) is 0 Å². The highest BCUT2D eigenvalue weighted by atomic mass is 16.5. The molecule has 1 aliphatic heterocycles. The molecule has 0 saturated carbocycles. The van der Waals surface area contributed by atoms with Gasteiger partial charge in [-0.2, -0.15) is 5.26 Å². The Bertz CT molecular complexity index is 413. The van der Waals surface area contributed by atoms with E-state index in [1.807, 2.05) is 12.1 Å². The molecule has 0 amide bonds. The van der Waals surface area contributed by atoms with Gasteiger partial charge in [-0.1, -0.05) is 0 Å². The number of nitrogens with zero attached hydrogens (tertiary/aromatic N) is 3. The van der Waals surface area contributed by atoms with Crippen molar-refractivity contribution in [3.05, 3.63) is 29.6 Å². The van der Waals surface area contributed by atoms with Gasteiger partial charge in [0, 0.05) is 26.4 Å². The number of piperidine rings is 1. The number of pyridine rings is 1. The third kappa shape index (κ3) is 3.26. The summed E-state index contributed by atoms with van der Waals surface area (Å²) in [5, 5.41) is 8.80. The first kappa shape index (κ1) is 12.0. The van der Waals surface area contributed by atoms with E-state index in [-0.39, 0.29) is 0 Å². The van der Waals surface area contributed by atoms with Crippen LogP contribution in [0.3, 0.4) is 0 Å². The van der Waals surface area contributed by atoms with Gasteiger partial charge < -0.3 is 4.74 Å². The molecular weight excluding hydrogens is 214 g/mol. The lowest BCUT2D eigenvalue weighted by molar-refractivity contribution is 0.0285. The highest BCUT2D eigenvalue weighted by molar-refractivity contribution is 5.25. The van der Waals surface area contributed by atoms with Gasteiger partial charge in [0.25, 0.3) is 0 Å². The summed E-state index contributed by atoms with van der Waals surface area (Å²) in [6, 6.07) is 5.90. The Morgan fingerprint density at radius 2 is 2.53 bits per heavy atom. The lowest BCUT2D eigenvalue weighted by Crippen LogP contribution is -2.38. The quantitative estimate of drug-likeness (QED) is 0.792. The third-order valence-electron chi connectivity index (χ3n) is 3.14. The predicted octanol–water partition coefficient (Wildman–Crippen LogP) is 1.56. The number of aromatic nitrogens is 1. The molecule has 0 spiro atoms. The van der Waals surface area contributed by atoms with Crippen molar-refractivity contribution in [3.63, 3.8) is 0 Å². The van der Waals surface area contributed by atoms with E-state index in [0.717, 1.165) is 31.6 Å². The predicted molar refractivity (Wildman–Crippen MR) is 64.3 cm³/mol. The second kappa shape index (κ2) is 5.76. The van der Waals surface area contributed by atoms with Crippen LogP contribution in [0.4, 0.5) is 0 Å². The van der Waals surface area contributed by atoms with Crippen LogP contribution in [0.5, 0.6) is 0 Å². The normalized spacial score (nSPS) is 21.1. The number of hydrogen-bond donors (Lipinski definition) is 0. The molecule has 0 aromatic carbocycles. The molecule has 0 radical (unpaired) electrons. The second-order valence-electron chi connectivity index (χ2n) is 4.40. The van der Waals surface area contributed by atoms with Gasteiger partial charge in [-0.15, -0.1) is 0 Å². The smallest absolute Gasteiger partial charge is 0.140 e. The van der Waals surface area contributed by atoms with Gasteiger partial charge in [0.15, 0.2) is 0 Å². The van der Waals surface area contributed by atoms with Gasteiger partial charge in [0.1, 0.15) is 11.8 Å². The number of likely N-dealkylation sites (tertiary alicyclic amines) is 1. The first-order chi connectivity index (χ1) is 8.31. The SMILES string of the molecule is COC1CCCN(Cc2ccnc(C#N)c2)C1. The van der Waals surface area contributed by atoms with E-state index in [0.29, 0.717) is 11.8 Å². The summed E-state index contributed by atoms with van der Waals surface area (Å²) in [5.41, 5.74) is 1.64. The summed E-state index contributed by atoms with van der Waals surface area (Å²) in [6.07, 6.45) is 4.37. The first-order valence-electron chi connectivity index (χ1n) is 5.92. The summed E-state index contributed by atoms with van der Waals surface area (Å²) in [4.78, 5) is 6.35. The topological polar surface area (TPSA) is 49.1 Å². The van der Waals surface area contributed by atoms with Gasteiger partial charge in [0.2, 0.25) is 0 Å². The summed E-state index contributed by atoms with van der Waals surface area (Å²) >= 11 is 0. The van der Waals surface area contributed by atoms with Crippen LogP contribution in [0.1, 0.15) is 24.1 Å². The first-order valence-corrected chi connectivity index (χ1v) is 5.92. The summed E-state index contributed by atoms with van der Waals surface area (Å²) in [7, 11) is 1.77. The monoisotopic (exact) mass is 231 g/mol.